The molecule has 88 valence electrons. The molecule has 1 aromatic rings. The summed E-state index contributed by atoms with van der Waals surface area (Å²) < 4.78 is 5.17. The lowest BCUT2D eigenvalue weighted by atomic mass is 10.1. The molecule has 0 aliphatic carbocycles. The van der Waals surface area contributed by atoms with Crippen LogP contribution in [0.4, 0.5) is 0 Å². The Labute approximate surface area is 95.5 Å². The molecule has 0 saturated carbocycles. The van der Waals surface area contributed by atoms with Gasteiger partial charge in [0.15, 0.2) is 0 Å². The van der Waals surface area contributed by atoms with Crippen LogP contribution in [0.15, 0.2) is 24.3 Å². The molecule has 0 atom stereocenters. The number of aliphatic hydroxyl groups excluding tert-OH is 1. The molecule has 0 fully saturated rings. The van der Waals surface area contributed by atoms with Crippen molar-refractivity contribution in [2.24, 2.45) is 0 Å². The molecule has 1 rings (SSSR count). The van der Waals surface area contributed by atoms with E-state index in [-0.39, 0.29) is 12.5 Å². The van der Waals surface area contributed by atoms with Crippen LogP contribution in [0.1, 0.15) is 15.9 Å². The molecule has 4 nitrogen and oxygen atoms in total. The number of rotatable bonds is 5. The monoisotopic (exact) mass is 223 g/mol. The number of carbonyl (C=O) groups is 1. The summed E-state index contributed by atoms with van der Waals surface area (Å²) >= 11 is 0. The van der Waals surface area contributed by atoms with Gasteiger partial charge in [-0.1, -0.05) is 12.1 Å². The largest absolute Gasteiger partial charge is 0.394 e. The SMILES string of the molecule is CN(C)C(=O)c1ccc(COCCO)cc1. The normalized spacial score (nSPS) is 10.2. The lowest BCUT2D eigenvalue weighted by Crippen LogP contribution is -2.21. The van der Waals surface area contributed by atoms with E-state index in [1.807, 2.05) is 12.1 Å². The van der Waals surface area contributed by atoms with Gasteiger partial charge in [0.25, 0.3) is 5.91 Å². The second-order valence-electron chi connectivity index (χ2n) is 3.67. The number of amides is 1. The molecule has 1 aromatic carbocycles. The van der Waals surface area contributed by atoms with Crippen LogP contribution in [-0.2, 0) is 11.3 Å². The maximum absolute atomic E-state index is 11.6. The van der Waals surface area contributed by atoms with Crippen LogP contribution in [0.25, 0.3) is 0 Å². The van der Waals surface area contributed by atoms with Gasteiger partial charge in [0.05, 0.1) is 19.8 Å². The summed E-state index contributed by atoms with van der Waals surface area (Å²) in [7, 11) is 3.45. The molecule has 1 amide bonds. The topological polar surface area (TPSA) is 49.8 Å². The first-order valence-corrected chi connectivity index (χ1v) is 5.14. The summed E-state index contributed by atoms with van der Waals surface area (Å²) in [6.07, 6.45) is 0. The Kier molecular flexibility index (Phi) is 4.95. The highest BCUT2D eigenvalue weighted by atomic mass is 16.5. The lowest BCUT2D eigenvalue weighted by molar-refractivity contribution is 0.0812. The molecule has 0 heterocycles. The van der Waals surface area contributed by atoms with E-state index in [0.29, 0.717) is 18.8 Å². The zero-order valence-electron chi connectivity index (χ0n) is 9.64. The number of nitrogens with zero attached hydrogens (tertiary/aromatic N) is 1. The average molecular weight is 223 g/mol. The van der Waals surface area contributed by atoms with E-state index >= 15 is 0 Å². The smallest absolute Gasteiger partial charge is 0.253 e. The van der Waals surface area contributed by atoms with E-state index in [4.69, 9.17) is 9.84 Å². The minimum atomic E-state index is -0.0113. The fourth-order valence-corrected chi connectivity index (χ4v) is 1.26. The van der Waals surface area contributed by atoms with E-state index in [0.717, 1.165) is 5.56 Å². The van der Waals surface area contributed by atoms with Crippen molar-refractivity contribution in [2.45, 2.75) is 6.61 Å². The van der Waals surface area contributed by atoms with Gasteiger partial charge in [-0.05, 0) is 17.7 Å². The van der Waals surface area contributed by atoms with Crippen LogP contribution in [-0.4, -0.2) is 43.2 Å². The summed E-state index contributed by atoms with van der Waals surface area (Å²) in [4.78, 5) is 13.1. The molecule has 0 bridgehead atoms. The number of benzene rings is 1. The van der Waals surface area contributed by atoms with Crippen molar-refractivity contribution >= 4 is 5.91 Å². The van der Waals surface area contributed by atoms with Gasteiger partial charge in [0.1, 0.15) is 0 Å². The molecular weight excluding hydrogens is 206 g/mol. The summed E-state index contributed by atoms with van der Waals surface area (Å²) in [5.41, 5.74) is 1.65. The Morgan fingerprint density at radius 2 is 1.94 bits per heavy atom. The van der Waals surface area contributed by atoms with Crippen molar-refractivity contribution in [3.63, 3.8) is 0 Å². The fourth-order valence-electron chi connectivity index (χ4n) is 1.26. The van der Waals surface area contributed by atoms with Crippen LogP contribution in [0.3, 0.4) is 0 Å². The van der Waals surface area contributed by atoms with Crippen LogP contribution in [0.2, 0.25) is 0 Å². The van der Waals surface area contributed by atoms with Crippen LogP contribution in [0, 0.1) is 0 Å². The third-order valence-electron chi connectivity index (χ3n) is 2.11. The van der Waals surface area contributed by atoms with Gasteiger partial charge in [0, 0.05) is 19.7 Å². The first kappa shape index (κ1) is 12.7. The van der Waals surface area contributed by atoms with Gasteiger partial charge in [-0.3, -0.25) is 4.79 Å². The molecule has 0 aromatic heterocycles. The van der Waals surface area contributed by atoms with Crippen molar-refractivity contribution in [3.05, 3.63) is 35.4 Å². The molecule has 16 heavy (non-hydrogen) atoms. The zero-order chi connectivity index (χ0) is 12.0. The predicted octanol–water partition coefficient (Wildman–Crippen LogP) is 0.897. The van der Waals surface area contributed by atoms with Gasteiger partial charge in [-0.25, -0.2) is 0 Å². The highest BCUT2D eigenvalue weighted by molar-refractivity contribution is 5.93. The number of ether oxygens (including phenoxy) is 1. The Balaban J connectivity index is 2.57. The fraction of sp³-hybridized carbons (Fsp3) is 0.417. The number of carbonyl (C=O) groups excluding carboxylic acids is 1. The molecule has 0 saturated heterocycles. The third-order valence-corrected chi connectivity index (χ3v) is 2.11. The Hall–Kier alpha value is -1.39. The Bertz CT molecular complexity index is 333. The number of aliphatic hydroxyl groups is 1. The molecule has 0 unspecified atom stereocenters. The molecule has 0 aliphatic heterocycles. The lowest BCUT2D eigenvalue weighted by Gasteiger charge is -2.10. The number of hydrogen-bond donors (Lipinski definition) is 1. The minimum Gasteiger partial charge on any atom is -0.394 e. The second kappa shape index (κ2) is 6.25. The van der Waals surface area contributed by atoms with Gasteiger partial charge < -0.3 is 14.7 Å². The molecule has 4 heteroatoms. The zero-order valence-corrected chi connectivity index (χ0v) is 9.64. The molecule has 0 spiro atoms. The van der Waals surface area contributed by atoms with E-state index in [1.165, 1.54) is 4.90 Å². The maximum Gasteiger partial charge on any atom is 0.253 e. The molecule has 1 N–H and O–H groups in total. The predicted molar refractivity (Wildman–Crippen MR) is 61.2 cm³/mol. The van der Waals surface area contributed by atoms with E-state index in [2.05, 4.69) is 0 Å². The summed E-state index contributed by atoms with van der Waals surface area (Å²) in [6, 6.07) is 7.27. The highest BCUT2D eigenvalue weighted by Gasteiger charge is 2.06. The molecular formula is C12H17NO3. The van der Waals surface area contributed by atoms with E-state index in [9.17, 15) is 4.79 Å². The first-order chi connectivity index (χ1) is 7.65. The summed E-state index contributed by atoms with van der Waals surface area (Å²) in [5.74, 6) is -0.0113. The van der Waals surface area contributed by atoms with E-state index in [1.54, 1.807) is 26.2 Å². The van der Waals surface area contributed by atoms with Crippen LogP contribution in [0.5, 0.6) is 0 Å². The quantitative estimate of drug-likeness (QED) is 0.754. The van der Waals surface area contributed by atoms with Crippen molar-refractivity contribution < 1.29 is 14.6 Å². The van der Waals surface area contributed by atoms with Crippen molar-refractivity contribution in [3.8, 4) is 0 Å². The Morgan fingerprint density at radius 1 is 1.31 bits per heavy atom. The van der Waals surface area contributed by atoms with E-state index < -0.39 is 0 Å². The van der Waals surface area contributed by atoms with Gasteiger partial charge in [-0.15, -0.1) is 0 Å². The number of hydrogen-bond acceptors (Lipinski definition) is 3. The van der Waals surface area contributed by atoms with Crippen molar-refractivity contribution in [2.75, 3.05) is 27.3 Å². The summed E-state index contributed by atoms with van der Waals surface area (Å²) in [6.45, 7) is 0.812. The van der Waals surface area contributed by atoms with Gasteiger partial charge in [0.2, 0.25) is 0 Å². The van der Waals surface area contributed by atoms with Crippen molar-refractivity contribution in [1.29, 1.82) is 0 Å². The average Bonchev–Trinajstić information content (AvgIpc) is 2.29. The van der Waals surface area contributed by atoms with Crippen molar-refractivity contribution in [1.82, 2.24) is 4.90 Å². The van der Waals surface area contributed by atoms with Gasteiger partial charge >= 0.3 is 0 Å². The highest BCUT2D eigenvalue weighted by Crippen LogP contribution is 2.07. The van der Waals surface area contributed by atoms with Gasteiger partial charge in [-0.2, -0.15) is 0 Å². The van der Waals surface area contributed by atoms with Crippen LogP contribution >= 0.6 is 0 Å². The summed E-state index contributed by atoms with van der Waals surface area (Å²) in [5, 5.41) is 8.55. The standard InChI is InChI=1S/C12H17NO3/c1-13(2)12(15)11-5-3-10(4-6-11)9-16-8-7-14/h3-6,14H,7-9H2,1-2H3. The minimum absolute atomic E-state index is 0.0113. The molecule has 0 radical (unpaired) electrons. The third kappa shape index (κ3) is 3.64. The molecule has 0 aliphatic rings. The second-order valence-corrected chi connectivity index (χ2v) is 3.67. The Morgan fingerprint density at radius 3 is 2.44 bits per heavy atom. The first-order valence-electron chi connectivity index (χ1n) is 5.14. The maximum atomic E-state index is 11.6. The van der Waals surface area contributed by atoms with Crippen LogP contribution < -0.4 is 0 Å².